The lowest BCUT2D eigenvalue weighted by atomic mass is 10.1. The molecule has 1 saturated heterocycles. The van der Waals surface area contributed by atoms with Crippen molar-refractivity contribution < 1.29 is 13.5 Å². The van der Waals surface area contributed by atoms with Gasteiger partial charge < -0.3 is 15.8 Å². The van der Waals surface area contributed by atoms with Crippen molar-refractivity contribution in [1.29, 1.82) is 0 Å². The SMILES string of the molecule is CCCCNc1nc(N)nc2cnn(Cc3cc(CN4CC(F)(F)C4)ccc3OC)c12. The van der Waals surface area contributed by atoms with E-state index in [0.29, 0.717) is 30.2 Å². The predicted molar refractivity (Wildman–Crippen MR) is 115 cm³/mol. The van der Waals surface area contributed by atoms with Crippen LogP contribution in [0.3, 0.4) is 0 Å². The number of unbranched alkanes of at least 4 members (excludes halogenated alkanes) is 1. The number of alkyl halides is 2. The van der Waals surface area contributed by atoms with Crippen LogP contribution in [0.25, 0.3) is 11.0 Å². The van der Waals surface area contributed by atoms with Gasteiger partial charge in [-0.15, -0.1) is 0 Å². The number of methoxy groups -OCH3 is 1. The fourth-order valence-corrected chi connectivity index (χ4v) is 3.84. The second-order valence-electron chi connectivity index (χ2n) is 7.89. The predicted octanol–water partition coefficient (Wildman–Crippen LogP) is 3.13. The number of hydrogen-bond acceptors (Lipinski definition) is 7. The van der Waals surface area contributed by atoms with Crippen LogP contribution in [0, 0.1) is 0 Å². The minimum Gasteiger partial charge on any atom is -0.496 e. The summed E-state index contributed by atoms with van der Waals surface area (Å²) in [6.07, 6.45) is 3.73. The molecule has 31 heavy (non-hydrogen) atoms. The lowest BCUT2D eigenvalue weighted by Gasteiger charge is -2.38. The quantitative estimate of drug-likeness (QED) is 0.503. The van der Waals surface area contributed by atoms with Gasteiger partial charge in [-0.3, -0.25) is 9.58 Å². The third-order valence-electron chi connectivity index (χ3n) is 5.31. The average Bonchev–Trinajstić information content (AvgIpc) is 3.09. The highest BCUT2D eigenvalue weighted by Crippen LogP contribution is 2.30. The van der Waals surface area contributed by atoms with Gasteiger partial charge in [0.05, 0.1) is 32.9 Å². The van der Waals surface area contributed by atoms with Crippen molar-refractivity contribution in [3.8, 4) is 5.75 Å². The van der Waals surface area contributed by atoms with E-state index in [-0.39, 0.29) is 19.0 Å². The van der Waals surface area contributed by atoms with E-state index in [1.807, 2.05) is 22.9 Å². The summed E-state index contributed by atoms with van der Waals surface area (Å²) in [7, 11) is 1.61. The molecule has 0 unspecified atom stereocenters. The van der Waals surface area contributed by atoms with Crippen LogP contribution in [0.15, 0.2) is 24.4 Å². The molecule has 1 aliphatic heterocycles. The van der Waals surface area contributed by atoms with E-state index in [4.69, 9.17) is 10.5 Å². The highest BCUT2D eigenvalue weighted by Gasteiger charge is 2.43. The molecule has 3 aromatic rings. The molecule has 1 aliphatic rings. The maximum absolute atomic E-state index is 13.2. The molecule has 0 amide bonds. The summed E-state index contributed by atoms with van der Waals surface area (Å²) in [5.41, 5.74) is 9.13. The third-order valence-corrected chi connectivity index (χ3v) is 5.31. The summed E-state index contributed by atoms with van der Waals surface area (Å²) in [5, 5.41) is 7.82. The smallest absolute Gasteiger partial charge is 0.272 e. The zero-order valence-electron chi connectivity index (χ0n) is 17.7. The Morgan fingerprint density at radius 1 is 1.23 bits per heavy atom. The fraction of sp³-hybridized carbons (Fsp3) is 0.476. The van der Waals surface area contributed by atoms with Gasteiger partial charge in [-0.2, -0.15) is 10.1 Å². The monoisotopic (exact) mass is 431 g/mol. The van der Waals surface area contributed by atoms with Gasteiger partial charge >= 0.3 is 0 Å². The molecule has 0 atom stereocenters. The molecule has 3 heterocycles. The first-order chi connectivity index (χ1) is 14.9. The van der Waals surface area contributed by atoms with Gasteiger partial charge in [0.15, 0.2) is 5.82 Å². The number of nitrogens with zero attached hydrogens (tertiary/aromatic N) is 5. The molecule has 0 saturated carbocycles. The van der Waals surface area contributed by atoms with E-state index in [9.17, 15) is 8.78 Å². The summed E-state index contributed by atoms with van der Waals surface area (Å²) in [6.45, 7) is 3.37. The molecule has 3 N–H and O–H groups in total. The molecule has 0 aliphatic carbocycles. The molecule has 8 nitrogen and oxygen atoms in total. The zero-order valence-corrected chi connectivity index (χ0v) is 17.7. The number of fused-ring (bicyclic) bond motifs is 1. The lowest BCUT2D eigenvalue weighted by Crippen LogP contribution is -2.55. The van der Waals surface area contributed by atoms with Crippen LogP contribution in [0.2, 0.25) is 0 Å². The number of nitrogens with one attached hydrogen (secondary N) is 1. The Morgan fingerprint density at radius 2 is 2.03 bits per heavy atom. The molecular formula is C21H27F2N7O. The Kier molecular flexibility index (Phi) is 5.90. The van der Waals surface area contributed by atoms with Crippen molar-refractivity contribution in [2.75, 3.05) is 37.8 Å². The molecule has 0 radical (unpaired) electrons. The van der Waals surface area contributed by atoms with Crippen molar-refractivity contribution in [2.24, 2.45) is 0 Å². The van der Waals surface area contributed by atoms with Gasteiger partial charge in [0.2, 0.25) is 5.95 Å². The van der Waals surface area contributed by atoms with Gasteiger partial charge in [0.1, 0.15) is 16.8 Å². The highest BCUT2D eigenvalue weighted by molar-refractivity contribution is 5.86. The van der Waals surface area contributed by atoms with Gasteiger partial charge in [-0.05, 0) is 24.1 Å². The first-order valence-corrected chi connectivity index (χ1v) is 10.4. The summed E-state index contributed by atoms with van der Waals surface area (Å²) in [6, 6.07) is 5.75. The van der Waals surface area contributed by atoms with Gasteiger partial charge in [0.25, 0.3) is 5.92 Å². The number of nitrogen functional groups attached to an aromatic ring is 1. The maximum atomic E-state index is 13.2. The number of likely N-dealkylation sites (tertiary alicyclic amines) is 1. The van der Waals surface area contributed by atoms with Crippen LogP contribution in [-0.2, 0) is 13.1 Å². The number of nitrogens with two attached hydrogens (primary N) is 1. The van der Waals surface area contributed by atoms with Crippen LogP contribution in [0.5, 0.6) is 5.75 Å². The lowest BCUT2D eigenvalue weighted by molar-refractivity contribution is -0.133. The molecule has 0 bridgehead atoms. The number of benzene rings is 1. The molecule has 1 fully saturated rings. The van der Waals surface area contributed by atoms with Crippen LogP contribution in [0.1, 0.15) is 30.9 Å². The summed E-state index contributed by atoms with van der Waals surface area (Å²) >= 11 is 0. The van der Waals surface area contributed by atoms with E-state index in [2.05, 4.69) is 27.3 Å². The van der Waals surface area contributed by atoms with E-state index in [0.717, 1.165) is 36.0 Å². The van der Waals surface area contributed by atoms with Crippen molar-refractivity contribution in [1.82, 2.24) is 24.6 Å². The maximum Gasteiger partial charge on any atom is 0.272 e. The van der Waals surface area contributed by atoms with Crippen LogP contribution < -0.4 is 15.8 Å². The molecule has 1 aromatic carbocycles. The molecule has 2 aromatic heterocycles. The molecule has 0 spiro atoms. The number of rotatable bonds is 9. The number of aromatic nitrogens is 4. The zero-order chi connectivity index (χ0) is 22.0. The van der Waals surface area contributed by atoms with Gasteiger partial charge in [-0.25, -0.2) is 13.8 Å². The number of halogens is 2. The van der Waals surface area contributed by atoms with Crippen molar-refractivity contribution in [2.45, 2.75) is 38.8 Å². The number of ether oxygens (including phenoxy) is 1. The minimum atomic E-state index is -2.58. The van der Waals surface area contributed by atoms with Crippen LogP contribution in [-0.4, -0.2) is 57.3 Å². The first-order valence-electron chi connectivity index (χ1n) is 10.4. The second kappa shape index (κ2) is 8.62. The van der Waals surface area contributed by atoms with Crippen molar-refractivity contribution >= 4 is 22.8 Å². The number of hydrogen-bond donors (Lipinski definition) is 2. The topological polar surface area (TPSA) is 94.1 Å². The summed E-state index contributed by atoms with van der Waals surface area (Å²) < 4.78 is 33.7. The Hall–Kier alpha value is -3.01. The van der Waals surface area contributed by atoms with E-state index in [1.165, 1.54) is 0 Å². The second-order valence-corrected chi connectivity index (χ2v) is 7.89. The normalized spacial score (nSPS) is 15.7. The largest absolute Gasteiger partial charge is 0.496 e. The van der Waals surface area contributed by atoms with Crippen LogP contribution >= 0.6 is 0 Å². The molecule has 4 rings (SSSR count). The summed E-state index contributed by atoms with van der Waals surface area (Å²) in [4.78, 5) is 10.4. The Balaban J connectivity index is 1.61. The molecular weight excluding hydrogens is 404 g/mol. The first kappa shape index (κ1) is 21.2. The molecule has 166 valence electrons. The molecule has 10 heteroatoms. The van der Waals surface area contributed by atoms with Crippen LogP contribution in [0.4, 0.5) is 20.5 Å². The fourth-order valence-electron chi connectivity index (χ4n) is 3.84. The van der Waals surface area contributed by atoms with Gasteiger partial charge in [0, 0.05) is 18.7 Å². The Labute approximate surface area is 179 Å². The Bertz CT molecular complexity index is 1060. The van der Waals surface area contributed by atoms with Crippen molar-refractivity contribution in [3.05, 3.63) is 35.5 Å². The van der Waals surface area contributed by atoms with Crippen molar-refractivity contribution in [3.63, 3.8) is 0 Å². The summed E-state index contributed by atoms with van der Waals surface area (Å²) in [5.74, 6) is -1.03. The van der Waals surface area contributed by atoms with E-state index < -0.39 is 5.92 Å². The van der Waals surface area contributed by atoms with E-state index >= 15 is 0 Å². The van der Waals surface area contributed by atoms with E-state index in [1.54, 1.807) is 18.2 Å². The Morgan fingerprint density at radius 3 is 2.74 bits per heavy atom. The number of anilines is 2. The highest BCUT2D eigenvalue weighted by atomic mass is 19.3. The third kappa shape index (κ3) is 4.68. The van der Waals surface area contributed by atoms with Gasteiger partial charge in [-0.1, -0.05) is 19.4 Å². The average molecular weight is 431 g/mol. The minimum absolute atomic E-state index is 0.192. The standard InChI is InChI=1S/C21H27F2N7O/c1-3-4-7-25-19-18-16(27-20(24)28-19)9-26-30(18)11-15-8-14(5-6-17(15)31-2)10-29-12-21(22,23)13-29/h5-6,8-9H,3-4,7,10-13H2,1-2H3,(H3,24,25,27,28).